The lowest BCUT2D eigenvalue weighted by molar-refractivity contribution is 0.670. The molecule has 0 aliphatic carbocycles. The fourth-order valence-corrected chi connectivity index (χ4v) is 7.33. The van der Waals surface area contributed by atoms with Crippen molar-refractivity contribution >= 4 is 60.8 Å². The van der Waals surface area contributed by atoms with Crippen molar-refractivity contribution in [2.75, 3.05) is 4.90 Å². The van der Waals surface area contributed by atoms with Crippen LogP contribution in [0.5, 0.6) is 0 Å². The van der Waals surface area contributed by atoms with Crippen LogP contribution in [0.2, 0.25) is 0 Å². The van der Waals surface area contributed by atoms with Crippen LogP contribution in [0.3, 0.4) is 0 Å². The number of anilines is 3. The highest BCUT2D eigenvalue weighted by atomic mass is 16.3. The maximum Gasteiger partial charge on any atom is 0.143 e. The molecule has 0 fully saturated rings. The lowest BCUT2D eigenvalue weighted by atomic mass is 9.94. The SMILES string of the molecule is c1ccc2c(c1)-c1c(ccc3ccccc13)N(c1ccc(-c3cccc4c3oc3ccccc34)cc1)c1cc3ccccc3n1-2. The molecule has 2 aromatic heterocycles. The molecule has 0 saturated heterocycles. The highest BCUT2D eigenvalue weighted by Gasteiger charge is 2.29. The van der Waals surface area contributed by atoms with Gasteiger partial charge in [0.1, 0.15) is 17.0 Å². The van der Waals surface area contributed by atoms with Gasteiger partial charge in [-0.05, 0) is 58.8 Å². The van der Waals surface area contributed by atoms with Crippen LogP contribution in [0.25, 0.3) is 71.6 Å². The average Bonchev–Trinajstić information content (AvgIpc) is 3.64. The third-order valence-corrected chi connectivity index (χ3v) is 9.32. The topological polar surface area (TPSA) is 21.3 Å². The Morgan fingerprint density at radius 2 is 1.18 bits per heavy atom. The Labute approximate surface area is 259 Å². The molecule has 1 aliphatic rings. The molecule has 45 heavy (non-hydrogen) atoms. The van der Waals surface area contributed by atoms with Crippen LogP contribution < -0.4 is 4.90 Å². The monoisotopic (exact) mass is 574 g/mol. The van der Waals surface area contributed by atoms with Crippen LogP contribution >= 0.6 is 0 Å². The Bertz CT molecular complexity index is 2600. The standard InChI is InChI=1S/C42H26N2O/c1-3-12-31-27(10-1)22-25-38-41(31)35-14-4-7-18-37(35)44-36-17-6-2-11-29(36)26-40(44)43(38)30-23-20-28(21-24-30)32-15-9-16-34-33-13-5-8-19-39(33)45-42(32)34/h1-26H. The molecule has 0 bridgehead atoms. The van der Waals surface area contributed by atoms with Crippen LogP contribution in [0.15, 0.2) is 162 Å². The Morgan fingerprint density at radius 1 is 0.467 bits per heavy atom. The molecule has 3 heterocycles. The minimum Gasteiger partial charge on any atom is -0.455 e. The summed E-state index contributed by atoms with van der Waals surface area (Å²) in [5.41, 5.74) is 11.2. The number of fused-ring (bicyclic) bond motifs is 12. The van der Waals surface area contributed by atoms with Gasteiger partial charge in [-0.15, -0.1) is 0 Å². The van der Waals surface area contributed by atoms with E-state index < -0.39 is 0 Å². The molecule has 3 heteroatoms. The van der Waals surface area contributed by atoms with Crippen LogP contribution in [-0.4, -0.2) is 4.57 Å². The summed E-state index contributed by atoms with van der Waals surface area (Å²) in [5.74, 6) is 1.12. The quantitative estimate of drug-likeness (QED) is 0.205. The minimum absolute atomic E-state index is 0.914. The van der Waals surface area contributed by atoms with Gasteiger partial charge in [0, 0.05) is 38.5 Å². The van der Waals surface area contributed by atoms with Crippen LogP contribution in [-0.2, 0) is 0 Å². The molecule has 1 aliphatic heterocycles. The molecule has 0 atom stereocenters. The molecule has 0 amide bonds. The normalized spacial score (nSPS) is 12.4. The third kappa shape index (κ3) is 3.46. The lowest BCUT2D eigenvalue weighted by Gasteiger charge is -2.26. The first-order valence-electron chi connectivity index (χ1n) is 15.4. The lowest BCUT2D eigenvalue weighted by Crippen LogP contribution is -2.13. The zero-order chi connectivity index (χ0) is 29.5. The number of aromatic nitrogens is 1. The van der Waals surface area contributed by atoms with Gasteiger partial charge in [-0.25, -0.2) is 0 Å². The largest absolute Gasteiger partial charge is 0.455 e. The molecule has 0 saturated carbocycles. The summed E-state index contributed by atoms with van der Waals surface area (Å²) >= 11 is 0. The molecule has 0 radical (unpaired) electrons. The Morgan fingerprint density at radius 3 is 2.09 bits per heavy atom. The van der Waals surface area contributed by atoms with Crippen molar-refractivity contribution in [2.45, 2.75) is 0 Å². The van der Waals surface area contributed by atoms with E-state index in [0.29, 0.717) is 0 Å². The van der Waals surface area contributed by atoms with Gasteiger partial charge >= 0.3 is 0 Å². The number of hydrogen-bond donors (Lipinski definition) is 0. The summed E-state index contributed by atoms with van der Waals surface area (Å²) in [6, 6.07) is 56.7. The van der Waals surface area contributed by atoms with Crippen molar-refractivity contribution in [3.05, 3.63) is 158 Å². The Hall–Kier alpha value is -6.06. The molecule has 210 valence electrons. The predicted octanol–water partition coefficient (Wildman–Crippen LogP) is 11.8. The van der Waals surface area contributed by atoms with Gasteiger partial charge in [0.25, 0.3) is 0 Å². The van der Waals surface area contributed by atoms with Crippen molar-refractivity contribution in [1.29, 1.82) is 0 Å². The van der Waals surface area contributed by atoms with Gasteiger partial charge in [0.15, 0.2) is 0 Å². The van der Waals surface area contributed by atoms with E-state index >= 15 is 0 Å². The predicted molar refractivity (Wildman–Crippen MR) is 187 cm³/mol. The Balaban J connectivity index is 1.23. The van der Waals surface area contributed by atoms with Crippen LogP contribution in [0, 0.1) is 0 Å². The summed E-state index contributed by atoms with van der Waals surface area (Å²) in [4.78, 5) is 2.42. The summed E-state index contributed by atoms with van der Waals surface area (Å²) < 4.78 is 8.81. The zero-order valence-electron chi connectivity index (χ0n) is 24.3. The van der Waals surface area contributed by atoms with E-state index in [0.717, 1.165) is 50.3 Å². The first-order chi connectivity index (χ1) is 22.3. The average molecular weight is 575 g/mol. The summed E-state index contributed by atoms with van der Waals surface area (Å²) in [5, 5.41) is 5.98. The second kappa shape index (κ2) is 9.22. The maximum atomic E-state index is 6.39. The first kappa shape index (κ1) is 24.4. The minimum atomic E-state index is 0.914. The molecule has 10 rings (SSSR count). The van der Waals surface area contributed by atoms with Crippen molar-refractivity contribution in [1.82, 2.24) is 4.57 Å². The van der Waals surface area contributed by atoms with Gasteiger partial charge in [0.2, 0.25) is 0 Å². The fourth-order valence-electron chi connectivity index (χ4n) is 7.33. The van der Waals surface area contributed by atoms with Crippen molar-refractivity contribution in [3.8, 4) is 27.9 Å². The van der Waals surface area contributed by atoms with Gasteiger partial charge in [-0.3, -0.25) is 9.47 Å². The molecule has 9 aromatic rings. The maximum absolute atomic E-state index is 6.39. The number of para-hydroxylation sites is 4. The molecule has 3 nitrogen and oxygen atoms in total. The van der Waals surface area contributed by atoms with E-state index in [1.54, 1.807) is 0 Å². The Kier molecular flexibility index (Phi) is 5.00. The van der Waals surface area contributed by atoms with E-state index in [1.807, 2.05) is 12.1 Å². The first-order valence-corrected chi connectivity index (χ1v) is 15.4. The number of hydrogen-bond acceptors (Lipinski definition) is 2. The summed E-state index contributed by atoms with van der Waals surface area (Å²) in [6.07, 6.45) is 0. The van der Waals surface area contributed by atoms with Gasteiger partial charge in [0.05, 0.1) is 16.9 Å². The molecule has 0 unspecified atom stereocenters. The molecule has 7 aromatic carbocycles. The van der Waals surface area contributed by atoms with E-state index in [2.05, 4.69) is 155 Å². The van der Waals surface area contributed by atoms with E-state index in [-0.39, 0.29) is 0 Å². The number of benzene rings is 7. The third-order valence-electron chi connectivity index (χ3n) is 9.32. The molecular weight excluding hydrogens is 548 g/mol. The van der Waals surface area contributed by atoms with Gasteiger partial charge in [-0.1, -0.05) is 115 Å². The van der Waals surface area contributed by atoms with E-state index in [1.165, 1.54) is 38.5 Å². The number of furan rings is 1. The molecular formula is C42H26N2O. The summed E-state index contributed by atoms with van der Waals surface area (Å²) in [7, 11) is 0. The number of nitrogens with zero attached hydrogens (tertiary/aromatic N) is 2. The van der Waals surface area contributed by atoms with Crippen LogP contribution in [0.4, 0.5) is 17.2 Å². The van der Waals surface area contributed by atoms with Gasteiger partial charge < -0.3 is 4.42 Å². The van der Waals surface area contributed by atoms with Gasteiger partial charge in [-0.2, -0.15) is 0 Å². The highest BCUT2D eigenvalue weighted by Crippen LogP contribution is 2.51. The number of rotatable bonds is 2. The van der Waals surface area contributed by atoms with Crippen molar-refractivity contribution in [3.63, 3.8) is 0 Å². The van der Waals surface area contributed by atoms with E-state index in [4.69, 9.17) is 4.42 Å². The van der Waals surface area contributed by atoms with Crippen molar-refractivity contribution < 1.29 is 4.42 Å². The van der Waals surface area contributed by atoms with Crippen LogP contribution in [0.1, 0.15) is 0 Å². The van der Waals surface area contributed by atoms with Crippen molar-refractivity contribution in [2.24, 2.45) is 0 Å². The van der Waals surface area contributed by atoms with E-state index in [9.17, 15) is 0 Å². The molecule has 0 N–H and O–H groups in total. The summed E-state index contributed by atoms with van der Waals surface area (Å²) in [6.45, 7) is 0. The highest BCUT2D eigenvalue weighted by molar-refractivity contribution is 6.11. The zero-order valence-corrected chi connectivity index (χ0v) is 24.3. The smallest absolute Gasteiger partial charge is 0.143 e. The second-order valence-corrected chi connectivity index (χ2v) is 11.8. The fraction of sp³-hybridized carbons (Fsp3) is 0. The second-order valence-electron chi connectivity index (χ2n) is 11.8. The molecule has 0 spiro atoms.